The molecular formula is C22H19N5O2. The lowest BCUT2D eigenvalue weighted by Gasteiger charge is -2.09. The maximum absolute atomic E-state index is 5.59. The third-order valence-electron chi connectivity index (χ3n) is 4.88. The zero-order valence-corrected chi connectivity index (χ0v) is 16.1. The number of benzene rings is 2. The maximum Gasteiger partial charge on any atom is 0.156 e. The number of aromatic amines is 1. The van der Waals surface area contributed by atoms with Crippen LogP contribution in [0, 0.1) is 6.92 Å². The fourth-order valence-corrected chi connectivity index (χ4v) is 3.56. The summed E-state index contributed by atoms with van der Waals surface area (Å²) in [7, 11) is 1.66. The highest BCUT2D eigenvalue weighted by Gasteiger charge is 2.16. The third kappa shape index (κ3) is 3.06. The molecule has 0 bridgehead atoms. The average Bonchev–Trinajstić information content (AvgIpc) is 3.40. The van der Waals surface area contributed by atoms with Crippen LogP contribution in [0.5, 0.6) is 5.75 Å². The number of H-pyrrole nitrogens is 1. The molecule has 5 rings (SSSR count). The van der Waals surface area contributed by atoms with E-state index >= 15 is 0 Å². The summed E-state index contributed by atoms with van der Waals surface area (Å²) in [5.41, 5.74) is 2.46. The second kappa shape index (κ2) is 6.94. The molecule has 0 radical (unpaired) electrons. The van der Waals surface area contributed by atoms with Crippen LogP contribution in [0.1, 0.15) is 11.6 Å². The van der Waals surface area contributed by atoms with Gasteiger partial charge in [0.05, 0.1) is 24.6 Å². The molecule has 7 nitrogen and oxygen atoms in total. The van der Waals surface area contributed by atoms with Crippen LogP contribution in [0.3, 0.4) is 0 Å². The Labute approximate surface area is 166 Å². The van der Waals surface area contributed by atoms with Gasteiger partial charge >= 0.3 is 0 Å². The minimum atomic E-state index is 0.455. The van der Waals surface area contributed by atoms with E-state index in [1.807, 2.05) is 49.5 Å². The number of aryl methyl sites for hydroxylation is 1. The van der Waals surface area contributed by atoms with E-state index in [1.165, 1.54) is 0 Å². The number of aromatic nitrogens is 4. The summed E-state index contributed by atoms with van der Waals surface area (Å²) >= 11 is 0. The maximum atomic E-state index is 5.59. The van der Waals surface area contributed by atoms with Crippen LogP contribution >= 0.6 is 0 Å². The van der Waals surface area contributed by atoms with Crippen molar-refractivity contribution in [3.8, 4) is 17.0 Å². The molecular weight excluding hydrogens is 366 g/mol. The van der Waals surface area contributed by atoms with Gasteiger partial charge in [-0.3, -0.25) is 0 Å². The van der Waals surface area contributed by atoms with Crippen molar-refractivity contribution in [2.75, 3.05) is 12.4 Å². The molecule has 0 amide bonds. The summed E-state index contributed by atoms with van der Waals surface area (Å²) in [6.07, 6.45) is 1.85. The molecule has 7 heteroatoms. The number of methoxy groups -OCH3 is 1. The molecule has 29 heavy (non-hydrogen) atoms. The van der Waals surface area contributed by atoms with Crippen molar-refractivity contribution in [3.63, 3.8) is 0 Å². The van der Waals surface area contributed by atoms with E-state index in [2.05, 4.69) is 37.6 Å². The molecule has 0 saturated heterocycles. The van der Waals surface area contributed by atoms with Crippen LogP contribution in [0.25, 0.3) is 33.1 Å². The van der Waals surface area contributed by atoms with E-state index in [4.69, 9.17) is 9.26 Å². The smallest absolute Gasteiger partial charge is 0.156 e. The lowest BCUT2D eigenvalue weighted by atomic mass is 10.0. The summed E-state index contributed by atoms with van der Waals surface area (Å²) in [6, 6.07) is 16.0. The first-order valence-corrected chi connectivity index (χ1v) is 9.30. The number of ether oxygens (including phenoxy) is 1. The summed E-state index contributed by atoms with van der Waals surface area (Å²) in [6.45, 7) is 2.32. The Morgan fingerprint density at radius 3 is 2.86 bits per heavy atom. The molecule has 144 valence electrons. The molecule has 0 aliphatic carbocycles. The number of nitrogens with zero attached hydrogens (tertiary/aromatic N) is 3. The van der Waals surface area contributed by atoms with Gasteiger partial charge in [0.25, 0.3) is 0 Å². The molecule has 3 aromatic heterocycles. The van der Waals surface area contributed by atoms with Gasteiger partial charge in [0.1, 0.15) is 28.7 Å². The monoisotopic (exact) mass is 385 g/mol. The second-order valence-electron chi connectivity index (χ2n) is 6.76. The zero-order chi connectivity index (χ0) is 19.8. The predicted molar refractivity (Wildman–Crippen MR) is 112 cm³/mol. The fraction of sp³-hybridized carbons (Fsp3) is 0.136. The molecule has 0 unspecified atom stereocenters. The highest BCUT2D eigenvalue weighted by Crippen LogP contribution is 2.36. The van der Waals surface area contributed by atoms with Gasteiger partial charge in [-0.25, -0.2) is 9.97 Å². The van der Waals surface area contributed by atoms with Crippen molar-refractivity contribution in [1.82, 2.24) is 20.1 Å². The van der Waals surface area contributed by atoms with Gasteiger partial charge in [-0.2, -0.15) is 0 Å². The van der Waals surface area contributed by atoms with Crippen LogP contribution in [0.15, 0.2) is 59.3 Å². The molecule has 0 saturated carbocycles. The normalized spacial score (nSPS) is 11.2. The Morgan fingerprint density at radius 2 is 1.97 bits per heavy atom. The Hall–Kier alpha value is -3.87. The lowest BCUT2D eigenvalue weighted by molar-refractivity contribution is 0.388. The Balaban J connectivity index is 1.47. The van der Waals surface area contributed by atoms with E-state index in [1.54, 1.807) is 7.11 Å². The summed E-state index contributed by atoms with van der Waals surface area (Å²) in [5, 5.41) is 10.7. The topological polar surface area (TPSA) is 88.9 Å². The number of anilines is 1. The number of hydrogen-bond acceptors (Lipinski definition) is 6. The third-order valence-corrected chi connectivity index (χ3v) is 4.88. The number of nitrogens with one attached hydrogen (secondary N) is 2. The molecule has 2 aromatic carbocycles. The van der Waals surface area contributed by atoms with Gasteiger partial charge in [0.2, 0.25) is 0 Å². The van der Waals surface area contributed by atoms with Gasteiger partial charge in [0, 0.05) is 12.3 Å². The number of fused-ring (bicyclic) bond motifs is 2. The average molecular weight is 385 g/mol. The zero-order valence-electron chi connectivity index (χ0n) is 16.1. The second-order valence-corrected chi connectivity index (χ2v) is 6.76. The minimum absolute atomic E-state index is 0.455. The Kier molecular flexibility index (Phi) is 4.13. The molecule has 0 fully saturated rings. The first-order valence-electron chi connectivity index (χ1n) is 9.30. The number of hydrogen-bond donors (Lipinski definition) is 2. The van der Waals surface area contributed by atoms with Gasteiger partial charge < -0.3 is 19.6 Å². The molecule has 0 aliphatic rings. The van der Waals surface area contributed by atoms with E-state index in [9.17, 15) is 0 Å². The van der Waals surface area contributed by atoms with Gasteiger partial charge in [-0.1, -0.05) is 35.5 Å². The summed E-state index contributed by atoms with van der Waals surface area (Å²) < 4.78 is 11.2. The molecule has 0 atom stereocenters. The summed E-state index contributed by atoms with van der Waals surface area (Å²) in [5.74, 6) is 2.92. The molecule has 5 aromatic rings. The van der Waals surface area contributed by atoms with Gasteiger partial charge in [-0.15, -0.1) is 0 Å². The van der Waals surface area contributed by atoms with Crippen molar-refractivity contribution in [2.45, 2.75) is 13.5 Å². The van der Waals surface area contributed by atoms with E-state index in [0.29, 0.717) is 18.1 Å². The summed E-state index contributed by atoms with van der Waals surface area (Å²) in [4.78, 5) is 12.0. The van der Waals surface area contributed by atoms with E-state index < -0.39 is 0 Å². The van der Waals surface area contributed by atoms with Gasteiger partial charge in [-0.05, 0) is 29.8 Å². The first-order chi connectivity index (χ1) is 14.2. The predicted octanol–water partition coefficient (Wildman–Crippen LogP) is 4.70. The standard InChI is InChI=1S/C22H19N5O2/c1-13-25-21-17(9-10-23-21)22(26-13)24-12-15-11-18(27-29-15)20-16-6-4-3-5-14(16)7-8-19(20)28-2/h3-11H,12H2,1-2H3,(H2,23,24,25,26). The highest BCUT2D eigenvalue weighted by atomic mass is 16.5. The highest BCUT2D eigenvalue weighted by molar-refractivity contribution is 5.98. The van der Waals surface area contributed by atoms with Crippen molar-refractivity contribution < 1.29 is 9.26 Å². The van der Waals surface area contributed by atoms with E-state index in [0.717, 1.165) is 44.6 Å². The fourth-order valence-electron chi connectivity index (χ4n) is 3.56. The van der Waals surface area contributed by atoms with Crippen LogP contribution in [-0.2, 0) is 6.54 Å². The van der Waals surface area contributed by atoms with Crippen LogP contribution in [0.4, 0.5) is 5.82 Å². The van der Waals surface area contributed by atoms with Crippen molar-refractivity contribution in [3.05, 3.63) is 66.3 Å². The van der Waals surface area contributed by atoms with Gasteiger partial charge in [0.15, 0.2) is 5.76 Å². The largest absolute Gasteiger partial charge is 0.496 e. The Morgan fingerprint density at radius 1 is 1.07 bits per heavy atom. The van der Waals surface area contributed by atoms with Crippen LogP contribution in [-0.4, -0.2) is 27.2 Å². The molecule has 0 spiro atoms. The van der Waals surface area contributed by atoms with Crippen molar-refractivity contribution in [1.29, 1.82) is 0 Å². The van der Waals surface area contributed by atoms with Crippen LogP contribution < -0.4 is 10.1 Å². The molecule has 2 N–H and O–H groups in total. The SMILES string of the molecule is COc1ccc2ccccc2c1-c1cc(CNc2nc(C)nc3[nH]ccc23)on1. The quantitative estimate of drug-likeness (QED) is 0.456. The first kappa shape index (κ1) is 17.2. The Bertz CT molecular complexity index is 1320. The number of rotatable bonds is 5. The lowest BCUT2D eigenvalue weighted by Crippen LogP contribution is -2.03. The van der Waals surface area contributed by atoms with E-state index in [-0.39, 0.29) is 0 Å². The van der Waals surface area contributed by atoms with Crippen LogP contribution in [0.2, 0.25) is 0 Å². The molecule has 0 aliphatic heterocycles. The minimum Gasteiger partial charge on any atom is -0.496 e. The molecule has 3 heterocycles. The van der Waals surface area contributed by atoms with Crippen molar-refractivity contribution >= 4 is 27.6 Å². The van der Waals surface area contributed by atoms with Crippen molar-refractivity contribution in [2.24, 2.45) is 0 Å².